The van der Waals surface area contributed by atoms with E-state index in [0.29, 0.717) is 31.7 Å². The molecule has 0 aromatic heterocycles. The second-order valence-electron chi connectivity index (χ2n) is 9.51. The maximum atomic E-state index is 12.8. The van der Waals surface area contributed by atoms with E-state index in [9.17, 15) is 9.59 Å². The molecule has 1 aliphatic rings. The highest BCUT2D eigenvalue weighted by Crippen LogP contribution is 2.32. The summed E-state index contributed by atoms with van der Waals surface area (Å²) < 4.78 is 5.93. The van der Waals surface area contributed by atoms with Crippen LogP contribution in [0.2, 0.25) is 0 Å². The lowest BCUT2D eigenvalue weighted by atomic mass is 9.85. The van der Waals surface area contributed by atoms with Gasteiger partial charge in [0, 0.05) is 31.7 Å². The summed E-state index contributed by atoms with van der Waals surface area (Å²) in [5, 5.41) is 0. The van der Waals surface area contributed by atoms with Crippen LogP contribution in [0.5, 0.6) is 5.75 Å². The van der Waals surface area contributed by atoms with E-state index in [1.165, 1.54) is 11.1 Å². The molecule has 2 amide bonds. The Morgan fingerprint density at radius 1 is 0.871 bits per heavy atom. The Labute approximate surface area is 186 Å². The molecule has 0 N–H and O–H groups in total. The molecule has 0 bridgehead atoms. The van der Waals surface area contributed by atoms with Crippen molar-refractivity contribution in [1.29, 1.82) is 0 Å². The van der Waals surface area contributed by atoms with Crippen molar-refractivity contribution >= 4 is 11.8 Å². The number of rotatable bonds is 4. The van der Waals surface area contributed by atoms with Crippen molar-refractivity contribution in [2.24, 2.45) is 0 Å². The van der Waals surface area contributed by atoms with Crippen LogP contribution in [-0.2, 0) is 10.2 Å². The maximum absolute atomic E-state index is 12.8. The Kier molecular flexibility index (Phi) is 6.73. The summed E-state index contributed by atoms with van der Waals surface area (Å²) in [7, 11) is 0. The van der Waals surface area contributed by atoms with E-state index >= 15 is 0 Å². The molecule has 5 nitrogen and oxygen atoms in total. The highest BCUT2D eigenvalue weighted by molar-refractivity contribution is 5.94. The molecule has 0 radical (unpaired) electrons. The standard InChI is InChI=1S/C26H34N2O3/c1-18-7-10-23(22(15-18)26(4,5)6)31-17-24(29)27-11-13-28(14-12-27)25(30)21-9-8-19(2)20(3)16-21/h7-10,15-16H,11-14,17H2,1-6H3. The van der Waals surface area contributed by atoms with Gasteiger partial charge in [0.1, 0.15) is 5.75 Å². The van der Waals surface area contributed by atoms with Gasteiger partial charge in [0.2, 0.25) is 0 Å². The van der Waals surface area contributed by atoms with Gasteiger partial charge in [0.15, 0.2) is 6.61 Å². The molecule has 1 saturated heterocycles. The minimum Gasteiger partial charge on any atom is -0.483 e. The van der Waals surface area contributed by atoms with Crippen molar-refractivity contribution in [3.05, 3.63) is 64.2 Å². The van der Waals surface area contributed by atoms with Crippen molar-refractivity contribution < 1.29 is 14.3 Å². The lowest BCUT2D eigenvalue weighted by Crippen LogP contribution is -2.51. The van der Waals surface area contributed by atoms with Crippen molar-refractivity contribution in [2.75, 3.05) is 32.8 Å². The Bertz CT molecular complexity index is 967. The van der Waals surface area contributed by atoms with Gasteiger partial charge in [-0.2, -0.15) is 0 Å². The molecule has 0 unspecified atom stereocenters. The first-order chi connectivity index (χ1) is 14.6. The Morgan fingerprint density at radius 3 is 2.13 bits per heavy atom. The average Bonchev–Trinajstić information content (AvgIpc) is 2.73. The van der Waals surface area contributed by atoms with Crippen molar-refractivity contribution in [1.82, 2.24) is 9.80 Å². The van der Waals surface area contributed by atoms with Gasteiger partial charge >= 0.3 is 0 Å². The molecule has 3 rings (SSSR count). The molecule has 2 aromatic rings. The highest BCUT2D eigenvalue weighted by atomic mass is 16.5. The lowest BCUT2D eigenvalue weighted by Gasteiger charge is -2.35. The van der Waals surface area contributed by atoms with Crippen molar-refractivity contribution in [3.8, 4) is 5.75 Å². The number of piperazine rings is 1. The van der Waals surface area contributed by atoms with Gasteiger partial charge in [-0.1, -0.05) is 44.5 Å². The monoisotopic (exact) mass is 422 g/mol. The van der Waals surface area contributed by atoms with Crippen molar-refractivity contribution in [2.45, 2.75) is 47.0 Å². The van der Waals surface area contributed by atoms with Gasteiger partial charge < -0.3 is 14.5 Å². The smallest absolute Gasteiger partial charge is 0.260 e. The summed E-state index contributed by atoms with van der Waals surface area (Å²) in [5.74, 6) is 0.745. The van der Waals surface area contributed by atoms with Crippen LogP contribution in [0.25, 0.3) is 0 Å². The summed E-state index contributed by atoms with van der Waals surface area (Å²) in [4.78, 5) is 29.1. The van der Waals surface area contributed by atoms with Crippen LogP contribution in [0.15, 0.2) is 36.4 Å². The number of hydrogen-bond acceptors (Lipinski definition) is 3. The minimum atomic E-state index is -0.0648. The normalized spacial score (nSPS) is 14.5. The van der Waals surface area contributed by atoms with E-state index in [0.717, 1.165) is 16.9 Å². The average molecular weight is 423 g/mol. The molecule has 31 heavy (non-hydrogen) atoms. The first-order valence-electron chi connectivity index (χ1n) is 10.9. The Morgan fingerprint density at radius 2 is 1.52 bits per heavy atom. The Balaban J connectivity index is 1.56. The maximum Gasteiger partial charge on any atom is 0.260 e. The van der Waals surface area contributed by atoms with E-state index in [2.05, 4.69) is 33.8 Å². The highest BCUT2D eigenvalue weighted by Gasteiger charge is 2.26. The van der Waals surface area contributed by atoms with Gasteiger partial charge in [-0.15, -0.1) is 0 Å². The summed E-state index contributed by atoms with van der Waals surface area (Å²) in [6, 6.07) is 11.9. The molecule has 2 aromatic carbocycles. The molecule has 0 atom stereocenters. The summed E-state index contributed by atoms with van der Waals surface area (Å²) in [6.07, 6.45) is 0. The molecule has 0 saturated carbocycles. The van der Waals surface area contributed by atoms with Crippen LogP contribution in [0, 0.1) is 20.8 Å². The number of ether oxygens (including phenoxy) is 1. The molecule has 1 fully saturated rings. The molecular weight excluding hydrogens is 388 g/mol. The third-order valence-corrected chi connectivity index (χ3v) is 5.97. The van der Waals surface area contributed by atoms with Crippen LogP contribution < -0.4 is 4.74 Å². The Hall–Kier alpha value is -2.82. The number of nitrogens with zero attached hydrogens (tertiary/aromatic N) is 2. The van der Waals surface area contributed by atoms with Crippen LogP contribution >= 0.6 is 0 Å². The zero-order valence-corrected chi connectivity index (χ0v) is 19.6. The first kappa shape index (κ1) is 22.9. The van der Waals surface area contributed by atoms with Crippen molar-refractivity contribution in [3.63, 3.8) is 0 Å². The predicted molar refractivity (Wildman–Crippen MR) is 124 cm³/mol. The topological polar surface area (TPSA) is 49.9 Å². The fourth-order valence-electron chi connectivity index (χ4n) is 3.80. The van der Waals surface area contributed by atoms with Crippen LogP contribution in [0.3, 0.4) is 0 Å². The molecule has 166 valence electrons. The number of benzene rings is 2. The zero-order chi connectivity index (χ0) is 22.8. The van der Waals surface area contributed by atoms with E-state index in [1.807, 2.05) is 49.1 Å². The van der Waals surface area contributed by atoms with Gasteiger partial charge in [-0.3, -0.25) is 9.59 Å². The molecular formula is C26H34N2O3. The third-order valence-electron chi connectivity index (χ3n) is 5.97. The van der Waals surface area contributed by atoms with Crippen LogP contribution in [0.4, 0.5) is 0 Å². The molecule has 0 aliphatic carbocycles. The van der Waals surface area contributed by atoms with Gasteiger partial charge in [0.25, 0.3) is 11.8 Å². The second kappa shape index (κ2) is 9.13. The minimum absolute atomic E-state index is 0.0112. The van der Waals surface area contributed by atoms with E-state index in [-0.39, 0.29) is 23.8 Å². The number of amides is 2. The molecule has 5 heteroatoms. The number of aryl methyl sites for hydroxylation is 3. The quantitative estimate of drug-likeness (QED) is 0.739. The van der Waals surface area contributed by atoms with E-state index in [4.69, 9.17) is 4.74 Å². The third kappa shape index (κ3) is 5.46. The SMILES string of the molecule is Cc1ccc(OCC(=O)N2CCN(C(=O)c3ccc(C)c(C)c3)CC2)c(C(C)(C)C)c1. The zero-order valence-electron chi connectivity index (χ0n) is 19.6. The number of carbonyl (C=O) groups is 2. The van der Waals surface area contributed by atoms with Gasteiger partial charge in [-0.25, -0.2) is 0 Å². The summed E-state index contributed by atoms with van der Waals surface area (Å²) in [5.41, 5.74) is 5.21. The lowest BCUT2D eigenvalue weighted by molar-refractivity contribution is -0.134. The largest absolute Gasteiger partial charge is 0.483 e. The molecule has 0 spiro atoms. The summed E-state index contributed by atoms with van der Waals surface area (Å²) >= 11 is 0. The summed E-state index contributed by atoms with van der Waals surface area (Å²) in [6.45, 7) is 14.7. The predicted octanol–water partition coefficient (Wildman–Crippen LogP) is 4.27. The second-order valence-corrected chi connectivity index (χ2v) is 9.51. The first-order valence-corrected chi connectivity index (χ1v) is 10.9. The van der Waals surface area contributed by atoms with E-state index < -0.39 is 0 Å². The fraction of sp³-hybridized carbons (Fsp3) is 0.462. The number of carbonyl (C=O) groups excluding carboxylic acids is 2. The van der Waals surface area contributed by atoms with Gasteiger partial charge in [-0.05, 0) is 61.1 Å². The van der Waals surface area contributed by atoms with Crippen LogP contribution in [-0.4, -0.2) is 54.4 Å². The fourth-order valence-corrected chi connectivity index (χ4v) is 3.80. The van der Waals surface area contributed by atoms with Gasteiger partial charge in [0.05, 0.1) is 0 Å². The molecule has 1 aliphatic heterocycles. The number of hydrogen-bond donors (Lipinski definition) is 0. The van der Waals surface area contributed by atoms with E-state index in [1.54, 1.807) is 4.90 Å². The molecule has 1 heterocycles. The van der Waals surface area contributed by atoms with Crippen LogP contribution in [0.1, 0.15) is 53.4 Å².